The van der Waals surface area contributed by atoms with Crippen molar-refractivity contribution in [1.29, 1.82) is 0 Å². The van der Waals surface area contributed by atoms with Gasteiger partial charge < -0.3 is 5.32 Å². The Labute approximate surface area is 115 Å². The van der Waals surface area contributed by atoms with Crippen LogP contribution in [-0.4, -0.2) is 22.4 Å². The van der Waals surface area contributed by atoms with Gasteiger partial charge in [-0.1, -0.05) is 42.5 Å². The number of nitrogens with one attached hydrogen (secondary N) is 1. The van der Waals surface area contributed by atoms with Gasteiger partial charge in [-0.25, -0.2) is 0 Å². The van der Waals surface area contributed by atoms with E-state index in [9.17, 15) is 0 Å². The molecule has 0 fully saturated rings. The molecule has 0 saturated heterocycles. The average molecular weight is 255 g/mol. The average Bonchev–Trinajstić information content (AvgIpc) is 2.81. The largest absolute Gasteiger partial charge is 0.309 e. The highest BCUT2D eigenvalue weighted by Gasteiger charge is 2.01. The molecule has 0 aliphatic carbocycles. The van der Waals surface area contributed by atoms with Gasteiger partial charge in [0.05, 0.1) is 12.7 Å². The molecule has 1 aromatic carbocycles. The summed E-state index contributed by atoms with van der Waals surface area (Å²) in [4.78, 5) is 0. The summed E-state index contributed by atoms with van der Waals surface area (Å²) in [7, 11) is 0. The van der Waals surface area contributed by atoms with Crippen molar-refractivity contribution in [2.24, 2.45) is 0 Å². The van der Waals surface area contributed by atoms with Crippen LogP contribution in [0.4, 0.5) is 0 Å². The Bertz CT molecular complexity index is 514. The molecular formula is C16H21N3. The van der Waals surface area contributed by atoms with Gasteiger partial charge in [0.1, 0.15) is 0 Å². The van der Waals surface area contributed by atoms with E-state index in [1.807, 2.05) is 16.9 Å². The normalized spacial score (nSPS) is 12.9. The van der Waals surface area contributed by atoms with Gasteiger partial charge in [-0.15, -0.1) is 0 Å². The number of benzene rings is 1. The molecule has 0 saturated carbocycles. The number of nitrogens with zero attached hydrogens (tertiary/aromatic N) is 2. The highest BCUT2D eigenvalue weighted by atomic mass is 15.3. The van der Waals surface area contributed by atoms with Crippen LogP contribution in [0.15, 0.2) is 48.8 Å². The Morgan fingerprint density at radius 3 is 2.79 bits per heavy atom. The predicted molar refractivity (Wildman–Crippen MR) is 79.9 cm³/mol. The van der Waals surface area contributed by atoms with Crippen LogP contribution in [0.3, 0.4) is 0 Å². The molecule has 0 amide bonds. The molecule has 3 heteroatoms. The minimum Gasteiger partial charge on any atom is -0.309 e. The molecule has 2 aromatic rings. The molecule has 0 aliphatic rings. The molecule has 1 N–H and O–H groups in total. The topological polar surface area (TPSA) is 29.9 Å². The molecule has 19 heavy (non-hydrogen) atoms. The lowest BCUT2D eigenvalue weighted by molar-refractivity contribution is 0.468. The summed E-state index contributed by atoms with van der Waals surface area (Å²) in [5, 5.41) is 7.75. The van der Waals surface area contributed by atoms with Crippen LogP contribution in [0.2, 0.25) is 0 Å². The van der Waals surface area contributed by atoms with E-state index in [-0.39, 0.29) is 0 Å². The number of aromatic nitrogens is 2. The standard InChI is InChI=1S/C16H21N3/c1-14-11-18-19(12-14)13-15(2)17-10-6-9-16-7-4-3-5-8-16/h3-9,11-12,15,17H,10,13H2,1-2H3/b9-6+/t15-/m1/s1. The minimum atomic E-state index is 0.403. The molecule has 3 nitrogen and oxygen atoms in total. The zero-order valence-corrected chi connectivity index (χ0v) is 11.6. The second-order valence-electron chi connectivity index (χ2n) is 4.86. The van der Waals surface area contributed by atoms with Crippen molar-refractivity contribution in [3.8, 4) is 0 Å². The number of hydrogen-bond donors (Lipinski definition) is 1. The first-order valence-electron chi connectivity index (χ1n) is 6.68. The second kappa shape index (κ2) is 6.90. The van der Waals surface area contributed by atoms with Crippen molar-refractivity contribution >= 4 is 6.08 Å². The lowest BCUT2D eigenvalue weighted by atomic mass is 10.2. The highest BCUT2D eigenvalue weighted by molar-refractivity contribution is 5.48. The first kappa shape index (κ1) is 13.6. The Morgan fingerprint density at radius 2 is 2.11 bits per heavy atom. The van der Waals surface area contributed by atoms with Crippen LogP contribution in [-0.2, 0) is 6.54 Å². The lowest BCUT2D eigenvalue weighted by Gasteiger charge is -2.12. The maximum Gasteiger partial charge on any atom is 0.0560 e. The van der Waals surface area contributed by atoms with E-state index in [1.54, 1.807) is 0 Å². The van der Waals surface area contributed by atoms with Crippen molar-refractivity contribution in [1.82, 2.24) is 15.1 Å². The summed E-state index contributed by atoms with van der Waals surface area (Å²) in [6.07, 6.45) is 8.25. The summed E-state index contributed by atoms with van der Waals surface area (Å²) in [6, 6.07) is 10.7. The van der Waals surface area contributed by atoms with Gasteiger partial charge in [0, 0.05) is 18.8 Å². The number of hydrogen-bond acceptors (Lipinski definition) is 2. The van der Waals surface area contributed by atoms with Crippen molar-refractivity contribution in [3.63, 3.8) is 0 Å². The van der Waals surface area contributed by atoms with Crippen molar-refractivity contribution < 1.29 is 0 Å². The van der Waals surface area contributed by atoms with E-state index in [1.165, 1.54) is 11.1 Å². The summed E-state index contributed by atoms with van der Waals surface area (Å²) < 4.78 is 1.98. The number of rotatable bonds is 6. The molecule has 0 spiro atoms. The highest BCUT2D eigenvalue weighted by Crippen LogP contribution is 2.00. The van der Waals surface area contributed by atoms with Crippen LogP contribution in [0.1, 0.15) is 18.1 Å². The quantitative estimate of drug-likeness (QED) is 0.860. The van der Waals surface area contributed by atoms with E-state index in [2.05, 4.69) is 66.9 Å². The van der Waals surface area contributed by atoms with Gasteiger partial charge in [0.25, 0.3) is 0 Å². The molecule has 1 heterocycles. The third-order valence-electron chi connectivity index (χ3n) is 2.92. The van der Waals surface area contributed by atoms with Crippen LogP contribution < -0.4 is 5.32 Å². The lowest BCUT2D eigenvalue weighted by Crippen LogP contribution is -2.30. The van der Waals surface area contributed by atoms with Gasteiger partial charge in [0.15, 0.2) is 0 Å². The SMILES string of the molecule is Cc1cnn(C[C@@H](C)NC/C=C/c2ccccc2)c1. The van der Waals surface area contributed by atoms with Crippen LogP contribution in [0, 0.1) is 6.92 Å². The fourth-order valence-electron chi connectivity index (χ4n) is 1.94. The van der Waals surface area contributed by atoms with E-state index >= 15 is 0 Å². The van der Waals surface area contributed by atoms with Crippen LogP contribution in [0.25, 0.3) is 6.08 Å². The minimum absolute atomic E-state index is 0.403. The summed E-state index contributed by atoms with van der Waals surface area (Å²) in [6.45, 7) is 6.00. The third kappa shape index (κ3) is 4.72. The molecule has 100 valence electrons. The predicted octanol–water partition coefficient (Wildman–Crippen LogP) is 2.88. The fraction of sp³-hybridized carbons (Fsp3) is 0.312. The van der Waals surface area contributed by atoms with Gasteiger partial charge in [-0.05, 0) is 25.0 Å². The number of aryl methyl sites for hydroxylation is 1. The first-order valence-corrected chi connectivity index (χ1v) is 6.68. The second-order valence-corrected chi connectivity index (χ2v) is 4.86. The zero-order valence-electron chi connectivity index (χ0n) is 11.6. The van der Waals surface area contributed by atoms with E-state index in [4.69, 9.17) is 0 Å². The van der Waals surface area contributed by atoms with Gasteiger partial charge >= 0.3 is 0 Å². The van der Waals surface area contributed by atoms with Crippen molar-refractivity contribution in [2.45, 2.75) is 26.4 Å². The van der Waals surface area contributed by atoms with Gasteiger partial charge in [-0.3, -0.25) is 4.68 Å². The molecule has 0 radical (unpaired) electrons. The van der Waals surface area contributed by atoms with Crippen molar-refractivity contribution in [3.05, 3.63) is 59.9 Å². The Balaban J connectivity index is 1.72. The molecule has 0 unspecified atom stereocenters. The molecule has 0 bridgehead atoms. The summed E-state index contributed by atoms with van der Waals surface area (Å²) in [5.74, 6) is 0. The molecular weight excluding hydrogens is 234 g/mol. The third-order valence-corrected chi connectivity index (χ3v) is 2.92. The Hall–Kier alpha value is -1.87. The van der Waals surface area contributed by atoms with Crippen LogP contribution >= 0.6 is 0 Å². The van der Waals surface area contributed by atoms with Gasteiger partial charge in [-0.2, -0.15) is 5.10 Å². The van der Waals surface area contributed by atoms with Crippen LogP contribution in [0.5, 0.6) is 0 Å². The Kier molecular flexibility index (Phi) is 4.93. The Morgan fingerprint density at radius 1 is 1.32 bits per heavy atom. The molecule has 1 atom stereocenters. The smallest absolute Gasteiger partial charge is 0.0560 e. The summed E-state index contributed by atoms with van der Waals surface area (Å²) >= 11 is 0. The monoisotopic (exact) mass is 255 g/mol. The first-order chi connectivity index (χ1) is 9.24. The van der Waals surface area contributed by atoms with E-state index < -0.39 is 0 Å². The maximum absolute atomic E-state index is 4.29. The molecule has 1 aromatic heterocycles. The molecule has 0 aliphatic heterocycles. The zero-order chi connectivity index (χ0) is 13.5. The molecule has 2 rings (SSSR count). The van der Waals surface area contributed by atoms with Crippen molar-refractivity contribution in [2.75, 3.05) is 6.54 Å². The fourth-order valence-corrected chi connectivity index (χ4v) is 1.94. The van der Waals surface area contributed by atoms with E-state index in [0.717, 1.165) is 13.1 Å². The maximum atomic E-state index is 4.29. The summed E-state index contributed by atoms with van der Waals surface area (Å²) in [5.41, 5.74) is 2.44. The van der Waals surface area contributed by atoms with Gasteiger partial charge in [0.2, 0.25) is 0 Å². The van der Waals surface area contributed by atoms with E-state index in [0.29, 0.717) is 6.04 Å².